The molecule has 1 aromatic carbocycles. The van der Waals surface area contributed by atoms with Crippen LogP contribution in [0.4, 0.5) is 0 Å². The molecule has 1 atom stereocenters. The van der Waals surface area contributed by atoms with Crippen LogP contribution in [0.3, 0.4) is 0 Å². The number of benzene rings is 1. The maximum absolute atomic E-state index is 12.6. The van der Waals surface area contributed by atoms with E-state index in [4.69, 9.17) is 0 Å². The van der Waals surface area contributed by atoms with Crippen molar-refractivity contribution in [1.29, 1.82) is 0 Å². The van der Waals surface area contributed by atoms with Crippen molar-refractivity contribution in [1.82, 2.24) is 15.2 Å². The second-order valence-corrected chi connectivity index (χ2v) is 5.95. The zero-order valence-electron chi connectivity index (χ0n) is 13.5. The van der Waals surface area contributed by atoms with Crippen molar-refractivity contribution in [3.8, 4) is 0 Å². The maximum atomic E-state index is 12.6. The first-order valence-corrected chi connectivity index (χ1v) is 8.25. The maximum Gasteiger partial charge on any atom is 0.237 e. The predicted molar refractivity (Wildman–Crippen MR) is 91.0 cm³/mol. The van der Waals surface area contributed by atoms with Gasteiger partial charge < -0.3 is 5.32 Å². The molecule has 1 aliphatic heterocycles. The molecule has 1 amide bonds. The molecular weight excluding hydrogens is 286 g/mol. The highest BCUT2D eigenvalue weighted by Crippen LogP contribution is 2.23. The Morgan fingerprint density at radius 3 is 2.83 bits per heavy atom. The van der Waals surface area contributed by atoms with E-state index in [1.807, 2.05) is 18.3 Å². The summed E-state index contributed by atoms with van der Waals surface area (Å²) >= 11 is 0. The fourth-order valence-electron chi connectivity index (χ4n) is 3.16. The van der Waals surface area contributed by atoms with Gasteiger partial charge in [-0.25, -0.2) is 0 Å². The third-order valence-electron chi connectivity index (χ3n) is 4.49. The Bertz CT molecular complexity index is 657. The van der Waals surface area contributed by atoms with E-state index < -0.39 is 0 Å². The molecule has 2 heterocycles. The molecule has 2 aromatic rings. The number of rotatable bonds is 5. The van der Waals surface area contributed by atoms with Gasteiger partial charge in [-0.1, -0.05) is 37.3 Å². The van der Waals surface area contributed by atoms with Crippen molar-refractivity contribution in [2.75, 3.05) is 13.1 Å². The van der Waals surface area contributed by atoms with Gasteiger partial charge in [0.05, 0.1) is 6.04 Å². The average molecular weight is 309 g/mol. The van der Waals surface area contributed by atoms with Gasteiger partial charge in [-0.2, -0.15) is 0 Å². The number of nitrogens with zero attached hydrogens (tertiary/aromatic N) is 2. The van der Waals surface area contributed by atoms with Crippen LogP contribution in [0.15, 0.2) is 48.8 Å². The van der Waals surface area contributed by atoms with Crippen LogP contribution in [-0.4, -0.2) is 34.9 Å². The standard InChI is InChI=1S/C19H23N3O/c1-2-22-14-17-8-4-3-7-16(17)12-18(22)19(23)21-11-9-15-6-5-10-20-13-15/h3-8,10,13,18H,2,9,11-12,14H2,1H3,(H,21,23)/t18-/m0/s1. The predicted octanol–water partition coefficient (Wildman–Crippen LogP) is 2.19. The molecule has 120 valence electrons. The van der Waals surface area contributed by atoms with Gasteiger partial charge in [0, 0.05) is 25.5 Å². The third kappa shape index (κ3) is 3.77. The van der Waals surface area contributed by atoms with Crippen LogP contribution < -0.4 is 5.32 Å². The van der Waals surface area contributed by atoms with Crippen LogP contribution in [0.5, 0.6) is 0 Å². The molecule has 0 bridgehead atoms. The molecule has 1 aromatic heterocycles. The quantitative estimate of drug-likeness (QED) is 0.921. The van der Waals surface area contributed by atoms with Gasteiger partial charge in [0.2, 0.25) is 5.91 Å². The van der Waals surface area contributed by atoms with E-state index in [2.05, 4.69) is 46.4 Å². The minimum atomic E-state index is -0.0659. The Labute approximate surface area is 137 Å². The average Bonchev–Trinajstić information content (AvgIpc) is 2.61. The van der Waals surface area contributed by atoms with Gasteiger partial charge in [0.15, 0.2) is 0 Å². The minimum Gasteiger partial charge on any atom is -0.354 e. The van der Waals surface area contributed by atoms with Gasteiger partial charge in [-0.05, 0) is 42.1 Å². The number of hydrogen-bond donors (Lipinski definition) is 1. The number of amides is 1. The van der Waals surface area contributed by atoms with Crippen molar-refractivity contribution in [3.05, 3.63) is 65.5 Å². The summed E-state index contributed by atoms with van der Waals surface area (Å²) in [4.78, 5) is 19.0. The van der Waals surface area contributed by atoms with Crippen LogP contribution >= 0.6 is 0 Å². The summed E-state index contributed by atoms with van der Waals surface area (Å²) in [7, 11) is 0. The van der Waals surface area contributed by atoms with Crippen molar-refractivity contribution in [2.45, 2.75) is 32.4 Å². The van der Waals surface area contributed by atoms with E-state index in [1.54, 1.807) is 6.20 Å². The molecule has 0 aliphatic carbocycles. The second kappa shape index (κ2) is 7.38. The largest absolute Gasteiger partial charge is 0.354 e. The van der Waals surface area contributed by atoms with Crippen molar-refractivity contribution < 1.29 is 4.79 Å². The molecule has 1 aliphatic rings. The lowest BCUT2D eigenvalue weighted by atomic mass is 9.93. The highest BCUT2D eigenvalue weighted by Gasteiger charge is 2.29. The summed E-state index contributed by atoms with van der Waals surface area (Å²) in [6.07, 6.45) is 5.22. The lowest BCUT2D eigenvalue weighted by Gasteiger charge is -2.35. The molecular formula is C19H23N3O. The fourth-order valence-corrected chi connectivity index (χ4v) is 3.16. The molecule has 0 saturated carbocycles. The summed E-state index contributed by atoms with van der Waals surface area (Å²) in [5.41, 5.74) is 3.78. The number of fused-ring (bicyclic) bond motifs is 1. The molecule has 0 fully saturated rings. The molecule has 1 N–H and O–H groups in total. The topological polar surface area (TPSA) is 45.2 Å². The summed E-state index contributed by atoms with van der Waals surface area (Å²) in [6.45, 7) is 4.51. The number of pyridine rings is 1. The van der Waals surface area contributed by atoms with Crippen molar-refractivity contribution >= 4 is 5.91 Å². The van der Waals surface area contributed by atoms with E-state index in [0.717, 1.165) is 31.5 Å². The number of carbonyl (C=O) groups excluding carboxylic acids is 1. The fraction of sp³-hybridized carbons (Fsp3) is 0.368. The number of nitrogens with one attached hydrogen (secondary N) is 1. The molecule has 0 radical (unpaired) electrons. The molecule has 0 saturated heterocycles. The van der Waals surface area contributed by atoms with Crippen LogP contribution in [0, 0.1) is 0 Å². The Morgan fingerprint density at radius 2 is 2.09 bits per heavy atom. The first kappa shape index (κ1) is 15.7. The van der Waals surface area contributed by atoms with Crippen LogP contribution in [-0.2, 0) is 24.2 Å². The highest BCUT2D eigenvalue weighted by atomic mass is 16.2. The van der Waals surface area contributed by atoms with Crippen molar-refractivity contribution in [3.63, 3.8) is 0 Å². The number of likely N-dealkylation sites (N-methyl/N-ethyl adjacent to an activating group) is 1. The molecule has 0 spiro atoms. The summed E-state index contributed by atoms with van der Waals surface area (Å²) in [5, 5.41) is 3.09. The molecule has 3 rings (SSSR count). The van der Waals surface area contributed by atoms with Crippen LogP contribution in [0.2, 0.25) is 0 Å². The van der Waals surface area contributed by atoms with E-state index in [-0.39, 0.29) is 11.9 Å². The number of carbonyl (C=O) groups is 1. The van der Waals surface area contributed by atoms with E-state index in [0.29, 0.717) is 6.54 Å². The Morgan fingerprint density at radius 1 is 1.26 bits per heavy atom. The van der Waals surface area contributed by atoms with Gasteiger partial charge in [0.25, 0.3) is 0 Å². The van der Waals surface area contributed by atoms with E-state index in [9.17, 15) is 4.79 Å². The molecule has 23 heavy (non-hydrogen) atoms. The normalized spacial score (nSPS) is 17.5. The third-order valence-corrected chi connectivity index (χ3v) is 4.49. The van der Waals surface area contributed by atoms with Crippen LogP contribution in [0.25, 0.3) is 0 Å². The zero-order chi connectivity index (χ0) is 16.1. The molecule has 4 heteroatoms. The van der Waals surface area contributed by atoms with Gasteiger partial charge in [0.1, 0.15) is 0 Å². The lowest BCUT2D eigenvalue weighted by molar-refractivity contribution is -0.126. The summed E-state index contributed by atoms with van der Waals surface area (Å²) in [6, 6.07) is 12.3. The smallest absolute Gasteiger partial charge is 0.237 e. The van der Waals surface area contributed by atoms with Gasteiger partial charge in [-0.3, -0.25) is 14.7 Å². The summed E-state index contributed by atoms with van der Waals surface area (Å²) < 4.78 is 0. The Kier molecular flexibility index (Phi) is 5.03. The highest BCUT2D eigenvalue weighted by molar-refractivity contribution is 5.82. The summed E-state index contributed by atoms with van der Waals surface area (Å²) in [5.74, 6) is 0.130. The molecule has 0 unspecified atom stereocenters. The lowest BCUT2D eigenvalue weighted by Crippen LogP contribution is -2.50. The SMILES string of the molecule is CCN1Cc2ccccc2C[C@H]1C(=O)NCCc1cccnc1. The second-order valence-electron chi connectivity index (χ2n) is 5.95. The first-order chi connectivity index (χ1) is 11.3. The molecule has 4 nitrogen and oxygen atoms in total. The Balaban J connectivity index is 1.60. The monoisotopic (exact) mass is 309 g/mol. The first-order valence-electron chi connectivity index (χ1n) is 8.25. The van der Waals surface area contributed by atoms with Crippen molar-refractivity contribution in [2.24, 2.45) is 0 Å². The van der Waals surface area contributed by atoms with E-state index >= 15 is 0 Å². The van der Waals surface area contributed by atoms with Gasteiger partial charge >= 0.3 is 0 Å². The Hall–Kier alpha value is -2.20. The van der Waals surface area contributed by atoms with Crippen LogP contribution in [0.1, 0.15) is 23.6 Å². The number of aromatic nitrogens is 1. The number of hydrogen-bond acceptors (Lipinski definition) is 3. The zero-order valence-corrected chi connectivity index (χ0v) is 13.5. The van der Waals surface area contributed by atoms with Gasteiger partial charge in [-0.15, -0.1) is 0 Å². The van der Waals surface area contributed by atoms with E-state index in [1.165, 1.54) is 11.1 Å². The minimum absolute atomic E-state index is 0.0659.